The zero-order valence-electron chi connectivity index (χ0n) is 11.4. The topological polar surface area (TPSA) is 64.0 Å². The molecule has 0 aromatic carbocycles. The van der Waals surface area contributed by atoms with Crippen LogP contribution in [0.15, 0.2) is 0 Å². The van der Waals surface area contributed by atoms with Gasteiger partial charge in [-0.15, -0.1) is 0 Å². The van der Waals surface area contributed by atoms with Crippen LogP contribution >= 0.6 is 0 Å². The molecule has 1 saturated heterocycles. The van der Waals surface area contributed by atoms with Crippen LogP contribution in [0, 0.1) is 31.1 Å². The highest BCUT2D eigenvalue weighted by atomic mass is 16.5. The monoisotopic (exact) mass is 247 g/mol. The summed E-state index contributed by atoms with van der Waals surface area (Å²) in [6.07, 6.45) is 2.14. The first-order chi connectivity index (χ1) is 8.57. The van der Waals surface area contributed by atoms with Gasteiger partial charge in [-0.05, 0) is 45.1 Å². The first-order valence-electron chi connectivity index (χ1n) is 6.52. The van der Waals surface area contributed by atoms with E-state index in [9.17, 15) is 0 Å². The summed E-state index contributed by atoms with van der Waals surface area (Å²) in [6, 6.07) is 2.54. The number of anilines is 1. The van der Waals surface area contributed by atoms with Crippen molar-refractivity contribution < 1.29 is 4.74 Å². The van der Waals surface area contributed by atoms with Crippen molar-refractivity contribution in [2.45, 2.75) is 39.7 Å². The fourth-order valence-corrected chi connectivity index (χ4v) is 2.93. The van der Waals surface area contributed by atoms with E-state index in [-0.39, 0.29) is 0 Å². The van der Waals surface area contributed by atoms with Crippen LogP contribution in [0.3, 0.4) is 0 Å². The van der Waals surface area contributed by atoms with Crippen molar-refractivity contribution in [1.82, 2.24) is 4.57 Å². The highest BCUT2D eigenvalue weighted by Gasteiger charge is 2.26. The number of hydrogen-bond donors (Lipinski definition) is 1. The number of ether oxygens (including phenoxy) is 1. The maximum absolute atomic E-state index is 9.17. The lowest BCUT2D eigenvalue weighted by Gasteiger charge is -2.30. The van der Waals surface area contributed by atoms with Crippen LogP contribution in [-0.2, 0) is 4.74 Å². The van der Waals surface area contributed by atoms with Gasteiger partial charge in [0.2, 0.25) is 0 Å². The van der Waals surface area contributed by atoms with Gasteiger partial charge in [-0.1, -0.05) is 0 Å². The van der Waals surface area contributed by atoms with Crippen LogP contribution in [0.1, 0.15) is 42.6 Å². The van der Waals surface area contributed by atoms with Gasteiger partial charge < -0.3 is 15.0 Å². The lowest BCUT2D eigenvalue weighted by molar-refractivity contribution is 0.0514. The van der Waals surface area contributed by atoms with Crippen LogP contribution < -0.4 is 5.73 Å². The van der Waals surface area contributed by atoms with Gasteiger partial charge in [-0.2, -0.15) is 5.26 Å². The van der Waals surface area contributed by atoms with Gasteiger partial charge in [0.1, 0.15) is 11.9 Å². The molecule has 4 nitrogen and oxygen atoms in total. The summed E-state index contributed by atoms with van der Waals surface area (Å²) in [5.41, 5.74) is 8.89. The molecule has 2 rings (SSSR count). The highest BCUT2D eigenvalue weighted by Crippen LogP contribution is 2.34. The van der Waals surface area contributed by atoms with E-state index >= 15 is 0 Å². The fourth-order valence-electron chi connectivity index (χ4n) is 2.93. The molecule has 4 heteroatoms. The molecular formula is C14H21N3O. The number of hydrogen-bond acceptors (Lipinski definition) is 3. The summed E-state index contributed by atoms with van der Waals surface area (Å²) < 4.78 is 7.53. The minimum Gasteiger partial charge on any atom is -0.384 e. The van der Waals surface area contributed by atoms with Gasteiger partial charge >= 0.3 is 0 Å². The van der Waals surface area contributed by atoms with E-state index in [0.717, 1.165) is 37.3 Å². The van der Waals surface area contributed by atoms with Gasteiger partial charge in [-0.3, -0.25) is 0 Å². The zero-order valence-corrected chi connectivity index (χ0v) is 11.4. The molecule has 0 amide bonds. The lowest BCUT2D eigenvalue weighted by atomic mass is 9.92. The predicted octanol–water partition coefficient (Wildman–Crippen LogP) is 2.55. The minimum absolute atomic E-state index is 0.328. The summed E-state index contributed by atoms with van der Waals surface area (Å²) in [4.78, 5) is 0. The average molecular weight is 247 g/mol. The standard InChI is InChI=1S/C14H21N3O/c1-9-10(2)17(14(16)13(9)8-15)11(3)12-4-6-18-7-5-12/h11-12H,4-7,16H2,1-3H3. The number of nitriles is 1. The Morgan fingerprint density at radius 1 is 1.39 bits per heavy atom. The average Bonchev–Trinajstić information content (AvgIpc) is 2.60. The molecule has 0 radical (unpaired) electrons. The summed E-state index contributed by atoms with van der Waals surface area (Å²) in [6.45, 7) is 7.87. The van der Waals surface area contributed by atoms with Gasteiger partial charge in [0.25, 0.3) is 0 Å². The Hall–Kier alpha value is -1.47. The van der Waals surface area contributed by atoms with Crippen LogP contribution in [0.2, 0.25) is 0 Å². The lowest BCUT2D eigenvalue weighted by Crippen LogP contribution is -2.25. The van der Waals surface area contributed by atoms with E-state index in [2.05, 4.69) is 17.6 Å². The summed E-state index contributed by atoms with van der Waals surface area (Å²) in [7, 11) is 0. The van der Waals surface area contributed by atoms with Crippen LogP contribution in [0.5, 0.6) is 0 Å². The summed E-state index contributed by atoms with van der Waals surface area (Å²) in [5, 5.41) is 9.17. The second-order valence-corrected chi connectivity index (χ2v) is 5.14. The van der Waals surface area contributed by atoms with Crippen molar-refractivity contribution >= 4 is 5.82 Å². The Bertz CT molecular complexity index is 478. The molecule has 0 aliphatic carbocycles. The maximum Gasteiger partial charge on any atom is 0.122 e. The highest BCUT2D eigenvalue weighted by molar-refractivity contribution is 5.58. The molecule has 0 saturated carbocycles. The van der Waals surface area contributed by atoms with Gasteiger partial charge in [-0.25, -0.2) is 0 Å². The number of nitrogen functional groups attached to an aromatic ring is 1. The van der Waals surface area contributed by atoms with Crippen LogP contribution in [0.4, 0.5) is 5.82 Å². The number of aromatic nitrogens is 1. The molecule has 1 fully saturated rings. The first-order valence-corrected chi connectivity index (χ1v) is 6.52. The molecule has 1 unspecified atom stereocenters. The number of rotatable bonds is 2. The summed E-state index contributed by atoms with van der Waals surface area (Å²) >= 11 is 0. The number of nitrogens with zero attached hydrogens (tertiary/aromatic N) is 2. The Morgan fingerprint density at radius 2 is 2.00 bits per heavy atom. The van der Waals surface area contributed by atoms with Crippen molar-refractivity contribution in [3.8, 4) is 6.07 Å². The molecule has 2 heterocycles. The van der Waals surface area contributed by atoms with E-state index in [1.165, 1.54) is 0 Å². The molecular weight excluding hydrogens is 226 g/mol. The van der Waals surface area contributed by atoms with Crippen LogP contribution in [0.25, 0.3) is 0 Å². The molecule has 0 spiro atoms. The van der Waals surface area contributed by atoms with Crippen molar-refractivity contribution in [2.24, 2.45) is 5.92 Å². The zero-order chi connectivity index (χ0) is 13.3. The second-order valence-electron chi connectivity index (χ2n) is 5.14. The Balaban J connectivity index is 2.36. The van der Waals surface area contributed by atoms with Crippen molar-refractivity contribution in [1.29, 1.82) is 5.26 Å². The molecule has 1 aromatic heterocycles. The molecule has 0 bridgehead atoms. The van der Waals surface area contributed by atoms with Crippen molar-refractivity contribution in [3.05, 3.63) is 16.8 Å². The Labute approximate surface area is 108 Å². The van der Waals surface area contributed by atoms with Gasteiger partial charge in [0.15, 0.2) is 0 Å². The van der Waals surface area contributed by atoms with E-state index < -0.39 is 0 Å². The Kier molecular flexibility index (Phi) is 3.63. The SMILES string of the molecule is Cc1c(C#N)c(N)n(C(C)C2CCOCC2)c1C. The molecule has 1 atom stereocenters. The molecule has 18 heavy (non-hydrogen) atoms. The molecule has 1 aliphatic rings. The normalized spacial score (nSPS) is 18.6. The van der Waals surface area contributed by atoms with Crippen molar-refractivity contribution in [2.75, 3.05) is 18.9 Å². The van der Waals surface area contributed by atoms with Gasteiger partial charge in [0, 0.05) is 24.9 Å². The maximum atomic E-state index is 9.17. The third-order valence-electron chi connectivity index (χ3n) is 4.26. The molecule has 1 aromatic rings. The number of nitrogens with two attached hydrogens (primary N) is 1. The third-order valence-corrected chi connectivity index (χ3v) is 4.26. The minimum atomic E-state index is 0.328. The second kappa shape index (κ2) is 5.03. The van der Waals surface area contributed by atoms with Gasteiger partial charge in [0.05, 0.1) is 5.56 Å². The predicted molar refractivity (Wildman–Crippen MR) is 71.3 cm³/mol. The Morgan fingerprint density at radius 3 is 2.50 bits per heavy atom. The smallest absolute Gasteiger partial charge is 0.122 e. The molecule has 98 valence electrons. The van der Waals surface area contributed by atoms with E-state index in [4.69, 9.17) is 15.7 Å². The first kappa shape index (κ1) is 13.0. The fraction of sp³-hybridized carbons (Fsp3) is 0.643. The van der Waals surface area contributed by atoms with Crippen LogP contribution in [-0.4, -0.2) is 17.8 Å². The van der Waals surface area contributed by atoms with E-state index in [0.29, 0.717) is 23.3 Å². The van der Waals surface area contributed by atoms with E-state index in [1.54, 1.807) is 0 Å². The third kappa shape index (κ3) is 1.99. The molecule has 2 N–H and O–H groups in total. The quantitative estimate of drug-likeness (QED) is 0.873. The largest absolute Gasteiger partial charge is 0.384 e. The van der Waals surface area contributed by atoms with Crippen molar-refractivity contribution in [3.63, 3.8) is 0 Å². The summed E-state index contributed by atoms with van der Waals surface area (Å²) in [5.74, 6) is 1.20. The van der Waals surface area contributed by atoms with E-state index in [1.807, 2.05) is 13.8 Å². The molecule has 1 aliphatic heterocycles.